The minimum atomic E-state index is -1.27. The van der Waals surface area contributed by atoms with Gasteiger partial charge >= 0.3 is 11.9 Å². The zero-order valence-corrected chi connectivity index (χ0v) is 14.3. The molecule has 0 fully saturated rings. The summed E-state index contributed by atoms with van der Waals surface area (Å²) < 4.78 is 10.7. The van der Waals surface area contributed by atoms with Gasteiger partial charge in [0, 0.05) is 6.42 Å². The van der Waals surface area contributed by atoms with E-state index < -0.39 is 23.1 Å². The van der Waals surface area contributed by atoms with Gasteiger partial charge in [-0.25, -0.2) is 9.59 Å². The molecule has 0 aliphatic heterocycles. The van der Waals surface area contributed by atoms with E-state index in [1.807, 2.05) is 12.1 Å². The maximum absolute atomic E-state index is 12.1. The summed E-state index contributed by atoms with van der Waals surface area (Å²) >= 11 is 6.27. The third-order valence-corrected chi connectivity index (χ3v) is 3.52. The Morgan fingerprint density at radius 3 is 1.92 bits per heavy atom. The Morgan fingerprint density at radius 1 is 0.958 bits per heavy atom. The van der Waals surface area contributed by atoms with Crippen molar-refractivity contribution < 1.29 is 19.1 Å². The quantitative estimate of drug-likeness (QED) is 0.573. The van der Waals surface area contributed by atoms with Crippen LogP contribution in [0.1, 0.15) is 41.0 Å². The van der Waals surface area contributed by atoms with Crippen molar-refractivity contribution in [2.75, 3.05) is 0 Å². The van der Waals surface area contributed by atoms with Crippen LogP contribution in [0.2, 0.25) is 0 Å². The molecule has 0 heterocycles. The minimum absolute atomic E-state index is 0.172. The van der Waals surface area contributed by atoms with Gasteiger partial charge in [0.2, 0.25) is 0 Å². The Hall–Kier alpha value is -2.33. The SMILES string of the molecule is CC(CC(C)(Cl)OC(=O)c1ccccc1)OC(=O)c1ccccc1. The highest BCUT2D eigenvalue weighted by molar-refractivity contribution is 6.23. The fourth-order valence-electron chi connectivity index (χ4n) is 2.25. The van der Waals surface area contributed by atoms with E-state index in [4.69, 9.17) is 21.1 Å². The first-order valence-corrected chi connectivity index (χ1v) is 7.98. The smallest absolute Gasteiger partial charge is 0.339 e. The van der Waals surface area contributed by atoms with Gasteiger partial charge in [-0.2, -0.15) is 0 Å². The summed E-state index contributed by atoms with van der Waals surface area (Å²) in [6, 6.07) is 17.3. The van der Waals surface area contributed by atoms with Crippen LogP contribution in [0.4, 0.5) is 0 Å². The number of alkyl halides is 1. The number of esters is 2. The fourth-order valence-corrected chi connectivity index (χ4v) is 2.54. The summed E-state index contributed by atoms with van der Waals surface area (Å²) in [7, 11) is 0. The number of carbonyl (C=O) groups is 2. The van der Waals surface area contributed by atoms with Crippen LogP contribution in [-0.2, 0) is 9.47 Å². The second kappa shape index (κ2) is 7.97. The van der Waals surface area contributed by atoms with Gasteiger partial charge in [0.15, 0.2) is 5.06 Å². The van der Waals surface area contributed by atoms with Crippen LogP contribution in [0, 0.1) is 0 Å². The van der Waals surface area contributed by atoms with Crippen LogP contribution in [0.25, 0.3) is 0 Å². The van der Waals surface area contributed by atoms with E-state index in [-0.39, 0.29) is 6.42 Å². The van der Waals surface area contributed by atoms with Crippen molar-refractivity contribution in [1.82, 2.24) is 0 Å². The molecule has 2 aromatic carbocycles. The number of benzene rings is 2. The van der Waals surface area contributed by atoms with Gasteiger partial charge in [0.1, 0.15) is 6.10 Å². The van der Waals surface area contributed by atoms with E-state index in [0.29, 0.717) is 11.1 Å². The number of hydrogen-bond acceptors (Lipinski definition) is 4. The summed E-state index contributed by atoms with van der Waals surface area (Å²) in [4.78, 5) is 24.1. The fraction of sp³-hybridized carbons (Fsp3) is 0.263. The molecule has 2 atom stereocenters. The Morgan fingerprint density at radius 2 is 1.42 bits per heavy atom. The van der Waals surface area contributed by atoms with Crippen molar-refractivity contribution in [3.63, 3.8) is 0 Å². The van der Waals surface area contributed by atoms with E-state index in [1.54, 1.807) is 62.4 Å². The standard InChI is InChI=1S/C19H19ClO4/c1-14(23-17(21)15-9-5-3-6-10-15)13-19(2,20)24-18(22)16-11-7-4-8-12-16/h3-12,14H,13H2,1-2H3. The van der Waals surface area contributed by atoms with E-state index in [2.05, 4.69) is 0 Å². The van der Waals surface area contributed by atoms with Gasteiger partial charge in [-0.15, -0.1) is 0 Å². The largest absolute Gasteiger partial charge is 0.459 e. The van der Waals surface area contributed by atoms with Gasteiger partial charge < -0.3 is 9.47 Å². The summed E-state index contributed by atoms with van der Waals surface area (Å²) in [6.45, 7) is 3.28. The first-order chi connectivity index (χ1) is 11.4. The molecule has 2 unspecified atom stereocenters. The number of hydrogen-bond donors (Lipinski definition) is 0. The molecule has 0 aliphatic carbocycles. The molecule has 4 nitrogen and oxygen atoms in total. The second-order valence-corrected chi connectivity index (χ2v) is 6.44. The van der Waals surface area contributed by atoms with Crippen LogP contribution in [-0.4, -0.2) is 23.1 Å². The van der Waals surface area contributed by atoms with Crippen molar-refractivity contribution in [2.24, 2.45) is 0 Å². The highest BCUT2D eigenvalue weighted by Gasteiger charge is 2.30. The number of halogens is 1. The summed E-state index contributed by atoms with van der Waals surface area (Å²) in [5.41, 5.74) is 0.875. The van der Waals surface area contributed by atoms with Crippen LogP contribution >= 0.6 is 11.6 Å². The highest BCUT2D eigenvalue weighted by atomic mass is 35.5. The molecule has 0 aliphatic rings. The molecule has 0 spiro atoms. The van der Waals surface area contributed by atoms with Crippen LogP contribution in [0.5, 0.6) is 0 Å². The topological polar surface area (TPSA) is 52.6 Å². The molecule has 126 valence electrons. The van der Waals surface area contributed by atoms with Crippen molar-refractivity contribution in [1.29, 1.82) is 0 Å². The van der Waals surface area contributed by atoms with Crippen LogP contribution in [0.3, 0.4) is 0 Å². The Balaban J connectivity index is 1.91. The van der Waals surface area contributed by atoms with Gasteiger partial charge in [-0.3, -0.25) is 0 Å². The first-order valence-electron chi connectivity index (χ1n) is 7.61. The molecule has 2 aromatic rings. The summed E-state index contributed by atoms with van der Waals surface area (Å²) in [5.74, 6) is -0.959. The van der Waals surface area contributed by atoms with E-state index in [1.165, 1.54) is 0 Å². The monoisotopic (exact) mass is 346 g/mol. The third-order valence-electron chi connectivity index (χ3n) is 3.28. The maximum Gasteiger partial charge on any atom is 0.339 e. The van der Waals surface area contributed by atoms with E-state index in [9.17, 15) is 9.59 Å². The molecule has 2 rings (SSSR count). The lowest BCUT2D eigenvalue weighted by atomic mass is 10.1. The van der Waals surface area contributed by atoms with Crippen LogP contribution in [0.15, 0.2) is 60.7 Å². The molecule has 0 saturated heterocycles. The normalized spacial score (nSPS) is 14.3. The molecule has 5 heteroatoms. The zero-order chi connectivity index (χ0) is 17.6. The van der Waals surface area contributed by atoms with Gasteiger partial charge in [-0.1, -0.05) is 48.0 Å². The zero-order valence-electron chi connectivity index (χ0n) is 13.6. The second-order valence-electron chi connectivity index (χ2n) is 5.64. The molecular formula is C19H19ClO4. The average Bonchev–Trinajstić information content (AvgIpc) is 2.55. The first kappa shape index (κ1) is 18.0. The summed E-state index contributed by atoms with van der Waals surface area (Å²) in [5, 5.41) is -1.27. The molecule has 24 heavy (non-hydrogen) atoms. The van der Waals surface area contributed by atoms with Crippen LogP contribution < -0.4 is 0 Å². The van der Waals surface area contributed by atoms with Gasteiger partial charge in [-0.05, 0) is 38.1 Å². The number of rotatable bonds is 6. The molecule has 0 saturated carbocycles. The van der Waals surface area contributed by atoms with Crippen molar-refractivity contribution in [2.45, 2.75) is 31.4 Å². The van der Waals surface area contributed by atoms with E-state index in [0.717, 1.165) is 0 Å². The predicted octanol–water partition coefficient (Wildman–Crippen LogP) is 4.43. The number of ether oxygens (including phenoxy) is 2. The lowest BCUT2D eigenvalue weighted by Crippen LogP contribution is -2.31. The van der Waals surface area contributed by atoms with Gasteiger partial charge in [0.25, 0.3) is 0 Å². The molecule has 0 N–H and O–H groups in total. The minimum Gasteiger partial charge on any atom is -0.459 e. The number of carbonyl (C=O) groups excluding carboxylic acids is 2. The molecular weight excluding hydrogens is 328 g/mol. The lowest BCUT2D eigenvalue weighted by Gasteiger charge is -2.25. The predicted molar refractivity (Wildman–Crippen MR) is 92.1 cm³/mol. The van der Waals surface area contributed by atoms with Crippen molar-refractivity contribution in [3.8, 4) is 0 Å². The van der Waals surface area contributed by atoms with E-state index >= 15 is 0 Å². The lowest BCUT2D eigenvalue weighted by molar-refractivity contribution is -0.00416. The van der Waals surface area contributed by atoms with Crippen molar-refractivity contribution >= 4 is 23.5 Å². The summed E-state index contributed by atoms with van der Waals surface area (Å²) in [6.07, 6.45) is -0.338. The Bertz CT molecular complexity index is 683. The van der Waals surface area contributed by atoms with Gasteiger partial charge in [0.05, 0.1) is 11.1 Å². The highest BCUT2D eigenvalue weighted by Crippen LogP contribution is 2.26. The molecule has 0 radical (unpaired) electrons. The molecule has 0 aromatic heterocycles. The average molecular weight is 347 g/mol. The third kappa shape index (κ3) is 5.39. The Labute approximate surface area is 146 Å². The van der Waals surface area contributed by atoms with Crippen molar-refractivity contribution in [3.05, 3.63) is 71.8 Å². The molecule has 0 bridgehead atoms. The molecule has 0 amide bonds. The Kier molecular flexibility index (Phi) is 5.99. The maximum atomic E-state index is 12.1.